The van der Waals surface area contributed by atoms with Crippen LogP contribution >= 0.6 is 0 Å². The number of ether oxygens (including phenoxy) is 1. The molecule has 2 atom stereocenters. The molecule has 2 aromatic carbocycles. The topological polar surface area (TPSA) is 127 Å². The molecule has 0 bridgehead atoms. The molecular formula is C37H38F3N5O4. The third-order valence-electron chi connectivity index (χ3n) is 9.55. The molecule has 3 aliphatic rings. The molecule has 1 aliphatic heterocycles. The fourth-order valence-corrected chi connectivity index (χ4v) is 6.72. The molecule has 3 aromatic rings. The van der Waals surface area contributed by atoms with Crippen molar-refractivity contribution in [3.63, 3.8) is 0 Å². The van der Waals surface area contributed by atoms with Crippen LogP contribution in [0, 0.1) is 5.41 Å². The molecule has 256 valence electrons. The average Bonchev–Trinajstić information content (AvgIpc) is 3.11. The number of aromatic nitrogens is 1. The number of anilines is 1. The summed E-state index contributed by atoms with van der Waals surface area (Å²) in [5.41, 5.74) is 6.65. The van der Waals surface area contributed by atoms with E-state index in [1.807, 2.05) is 24.3 Å². The number of pyridine rings is 1. The fraction of sp³-hybridized carbons (Fsp3) is 0.351. The smallest absolute Gasteiger partial charge is 0.379 e. The molecular weight excluding hydrogens is 635 g/mol. The summed E-state index contributed by atoms with van der Waals surface area (Å²) in [7, 11) is 0. The lowest BCUT2D eigenvalue weighted by Crippen LogP contribution is -2.43. The minimum Gasteiger partial charge on any atom is -0.379 e. The number of rotatable bonds is 9. The summed E-state index contributed by atoms with van der Waals surface area (Å²) in [5, 5.41) is 5.80. The van der Waals surface area contributed by atoms with Crippen molar-refractivity contribution in [2.24, 2.45) is 11.1 Å². The number of primary amides is 1. The number of nitrogens with two attached hydrogens (primary N) is 1. The Morgan fingerprint density at radius 2 is 1.84 bits per heavy atom. The Morgan fingerprint density at radius 1 is 1.04 bits per heavy atom. The molecule has 0 spiro atoms. The lowest BCUT2D eigenvalue weighted by Gasteiger charge is -2.34. The zero-order valence-electron chi connectivity index (χ0n) is 26.9. The highest BCUT2D eigenvalue weighted by atomic mass is 19.4. The van der Waals surface area contributed by atoms with Gasteiger partial charge < -0.3 is 21.1 Å². The van der Waals surface area contributed by atoms with Gasteiger partial charge in [-0.05, 0) is 80.1 Å². The summed E-state index contributed by atoms with van der Waals surface area (Å²) in [6, 6.07) is 13.6. The van der Waals surface area contributed by atoms with E-state index in [-0.39, 0.29) is 46.5 Å². The normalized spacial score (nSPS) is 21.0. The number of hydrogen-bond acceptors (Lipinski definition) is 6. The van der Waals surface area contributed by atoms with Gasteiger partial charge in [0.05, 0.1) is 41.6 Å². The van der Waals surface area contributed by atoms with E-state index in [4.69, 9.17) is 10.5 Å². The molecule has 2 aliphatic carbocycles. The zero-order chi connectivity index (χ0) is 34.6. The van der Waals surface area contributed by atoms with Crippen molar-refractivity contribution in [1.82, 2.24) is 15.2 Å². The maximum absolute atomic E-state index is 13.9. The van der Waals surface area contributed by atoms with Crippen molar-refractivity contribution in [2.45, 2.75) is 44.3 Å². The zero-order valence-corrected chi connectivity index (χ0v) is 26.9. The van der Waals surface area contributed by atoms with E-state index in [0.717, 1.165) is 50.0 Å². The first-order chi connectivity index (χ1) is 23.5. The number of morpholine rings is 1. The van der Waals surface area contributed by atoms with Gasteiger partial charge in [0, 0.05) is 36.0 Å². The first kappa shape index (κ1) is 34.1. The quantitative estimate of drug-likeness (QED) is 0.272. The van der Waals surface area contributed by atoms with Crippen LogP contribution in [-0.4, -0.2) is 60.5 Å². The Bertz CT molecular complexity index is 1800. The summed E-state index contributed by atoms with van der Waals surface area (Å²) in [6.07, 6.45) is 4.61. The first-order valence-electron chi connectivity index (χ1n) is 16.4. The summed E-state index contributed by atoms with van der Waals surface area (Å²) < 4.78 is 47.1. The number of amides is 3. The van der Waals surface area contributed by atoms with Gasteiger partial charge in [0.2, 0.25) is 5.91 Å². The minimum absolute atomic E-state index is 0.0127. The second kappa shape index (κ2) is 14.4. The molecule has 3 amide bonds. The van der Waals surface area contributed by atoms with Crippen LogP contribution in [0.2, 0.25) is 0 Å². The van der Waals surface area contributed by atoms with Crippen molar-refractivity contribution >= 4 is 23.4 Å². The number of aryl methyl sites for hydroxylation is 1. The Balaban J connectivity index is 1.24. The lowest BCUT2D eigenvalue weighted by atomic mass is 9.74. The summed E-state index contributed by atoms with van der Waals surface area (Å²) >= 11 is 0. The number of halogens is 3. The highest BCUT2D eigenvalue weighted by Crippen LogP contribution is 2.39. The van der Waals surface area contributed by atoms with Gasteiger partial charge in [0.25, 0.3) is 11.8 Å². The van der Waals surface area contributed by atoms with Crippen LogP contribution in [0.15, 0.2) is 84.6 Å². The standard InChI is InChI=1S/C37H38F3N5O4/c38-37(39,40)27-10-11-31(44-34(47)26-7-4-13-36(23-26,35(41)48)14-16-45-17-19-49-20-18-45)29(22-27)32-21-25(12-15-42-32)33(46)43-30-9-3-6-24-5-1-2-8-28(24)30/h1-2,4-5,7-8,10-13,15,21-22,30H,3,6,9,14,16-20,23H2,(H2,41,48)(H,43,46)(H,44,47). The third kappa shape index (κ3) is 7.76. The van der Waals surface area contributed by atoms with Crippen LogP contribution in [0.25, 0.3) is 11.3 Å². The predicted octanol–water partition coefficient (Wildman–Crippen LogP) is 5.59. The van der Waals surface area contributed by atoms with Gasteiger partial charge in [0.15, 0.2) is 0 Å². The van der Waals surface area contributed by atoms with Gasteiger partial charge in [0.1, 0.15) is 0 Å². The number of alkyl halides is 3. The predicted molar refractivity (Wildman–Crippen MR) is 178 cm³/mol. The monoisotopic (exact) mass is 673 g/mol. The summed E-state index contributed by atoms with van der Waals surface area (Å²) in [4.78, 5) is 46.3. The molecule has 9 nitrogen and oxygen atoms in total. The van der Waals surface area contributed by atoms with Crippen molar-refractivity contribution in [2.75, 3.05) is 38.2 Å². The number of fused-ring (bicyclic) bond motifs is 1. The van der Waals surface area contributed by atoms with Crippen molar-refractivity contribution in [3.8, 4) is 11.3 Å². The van der Waals surface area contributed by atoms with Crippen molar-refractivity contribution < 1.29 is 32.3 Å². The number of nitrogens with zero attached hydrogens (tertiary/aromatic N) is 2. The third-order valence-corrected chi connectivity index (χ3v) is 9.55. The van der Waals surface area contributed by atoms with Gasteiger partial charge in [-0.1, -0.05) is 42.5 Å². The van der Waals surface area contributed by atoms with Crippen LogP contribution in [0.1, 0.15) is 58.8 Å². The minimum atomic E-state index is -4.67. The molecule has 1 fully saturated rings. The van der Waals surface area contributed by atoms with E-state index in [2.05, 4.69) is 20.5 Å². The van der Waals surface area contributed by atoms with Gasteiger partial charge in [-0.3, -0.25) is 24.3 Å². The number of carbonyl (C=O) groups is 3. The maximum Gasteiger partial charge on any atom is 0.416 e. The molecule has 49 heavy (non-hydrogen) atoms. The Kier molecular flexibility index (Phi) is 9.98. The Morgan fingerprint density at radius 3 is 2.61 bits per heavy atom. The van der Waals surface area contributed by atoms with Crippen LogP contribution in [0.3, 0.4) is 0 Å². The van der Waals surface area contributed by atoms with E-state index in [1.54, 1.807) is 18.2 Å². The second-order valence-electron chi connectivity index (χ2n) is 12.7. The number of benzene rings is 2. The molecule has 6 rings (SSSR count). The van der Waals surface area contributed by atoms with E-state index < -0.39 is 29.0 Å². The Labute approximate surface area is 282 Å². The molecule has 1 aromatic heterocycles. The first-order valence-corrected chi connectivity index (χ1v) is 16.4. The molecule has 4 N–H and O–H groups in total. The molecule has 12 heteroatoms. The highest BCUT2D eigenvalue weighted by molar-refractivity contribution is 6.07. The van der Waals surface area contributed by atoms with E-state index >= 15 is 0 Å². The van der Waals surface area contributed by atoms with E-state index in [9.17, 15) is 27.6 Å². The Hall–Kier alpha value is -4.81. The average molecular weight is 674 g/mol. The lowest BCUT2D eigenvalue weighted by molar-refractivity contribution is -0.137. The molecule has 0 saturated carbocycles. The molecule has 2 heterocycles. The molecule has 1 saturated heterocycles. The second-order valence-corrected chi connectivity index (χ2v) is 12.7. The van der Waals surface area contributed by atoms with Crippen molar-refractivity contribution in [3.05, 3.63) is 107 Å². The van der Waals surface area contributed by atoms with Crippen molar-refractivity contribution in [1.29, 1.82) is 0 Å². The van der Waals surface area contributed by atoms with E-state index in [1.165, 1.54) is 30.0 Å². The molecule has 0 radical (unpaired) electrons. The van der Waals surface area contributed by atoms with Crippen LogP contribution in [-0.2, 0) is 26.9 Å². The summed E-state index contributed by atoms with van der Waals surface area (Å²) in [6.45, 7) is 3.23. The molecule has 2 unspecified atom stereocenters. The van der Waals surface area contributed by atoms with Crippen LogP contribution < -0.4 is 16.4 Å². The van der Waals surface area contributed by atoms with Gasteiger partial charge >= 0.3 is 6.18 Å². The van der Waals surface area contributed by atoms with Gasteiger partial charge in [-0.2, -0.15) is 13.2 Å². The number of nitrogens with one attached hydrogen (secondary N) is 2. The van der Waals surface area contributed by atoms with Gasteiger partial charge in [-0.25, -0.2) is 0 Å². The van der Waals surface area contributed by atoms with Crippen LogP contribution in [0.4, 0.5) is 18.9 Å². The van der Waals surface area contributed by atoms with Gasteiger partial charge in [-0.15, -0.1) is 0 Å². The fourth-order valence-electron chi connectivity index (χ4n) is 6.72. The highest BCUT2D eigenvalue weighted by Gasteiger charge is 2.38. The SMILES string of the molecule is NC(=O)C1(CCN2CCOCC2)C=CC=C(C(=O)Nc2ccc(C(F)(F)F)cc2-c2cc(C(=O)NC3CCCc4ccccc43)ccn2)C1. The number of allylic oxidation sites excluding steroid dienone is 2. The van der Waals surface area contributed by atoms with Crippen LogP contribution in [0.5, 0.6) is 0 Å². The number of carbonyl (C=O) groups excluding carboxylic acids is 3. The largest absolute Gasteiger partial charge is 0.416 e. The summed E-state index contributed by atoms with van der Waals surface area (Å²) in [5.74, 6) is -1.55. The maximum atomic E-state index is 13.9. The van der Waals surface area contributed by atoms with E-state index in [0.29, 0.717) is 26.2 Å². The number of hydrogen-bond donors (Lipinski definition) is 3.